The van der Waals surface area contributed by atoms with Crippen LogP contribution in [0.4, 0.5) is 10.3 Å². The summed E-state index contributed by atoms with van der Waals surface area (Å²) in [6.07, 6.45) is 2.10. The Morgan fingerprint density at radius 2 is 2.10 bits per heavy atom. The summed E-state index contributed by atoms with van der Waals surface area (Å²) in [4.78, 5) is 18.2. The van der Waals surface area contributed by atoms with Crippen molar-refractivity contribution in [2.24, 2.45) is 0 Å². The Kier molecular flexibility index (Phi) is 3.08. The summed E-state index contributed by atoms with van der Waals surface area (Å²) in [6, 6.07) is 3.04. The lowest BCUT2D eigenvalue weighted by molar-refractivity contribution is -0.130. The molecule has 2 heterocycles. The number of nitrogen functional groups attached to an aromatic ring is 1. The highest BCUT2D eigenvalue weighted by molar-refractivity contribution is 5.83. The smallest absolute Gasteiger partial charge is 0.242 e. The Balaban J connectivity index is 1.96. The lowest BCUT2D eigenvalue weighted by Gasteiger charge is -2.16. The number of imidazole rings is 1. The second-order valence-corrected chi connectivity index (χ2v) is 5.23. The molecule has 1 amide bonds. The van der Waals surface area contributed by atoms with Gasteiger partial charge in [0.1, 0.15) is 12.4 Å². The summed E-state index contributed by atoms with van der Waals surface area (Å²) >= 11 is 0. The number of amides is 1. The molecule has 0 bridgehead atoms. The van der Waals surface area contributed by atoms with Crippen LogP contribution < -0.4 is 5.73 Å². The van der Waals surface area contributed by atoms with Gasteiger partial charge in [-0.15, -0.1) is 0 Å². The molecule has 106 valence electrons. The third kappa shape index (κ3) is 2.11. The van der Waals surface area contributed by atoms with E-state index in [0.29, 0.717) is 16.6 Å². The molecular formula is C14H17FN4O. The Morgan fingerprint density at radius 1 is 1.40 bits per heavy atom. The molecule has 0 unspecified atom stereocenters. The number of halogens is 1. The van der Waals surface area contributed by atoms with Gasteiger partial charge in [-0.2, -0.15) is 0 Å². The third-order valence-electron chi connectivity index (χ3n) is 3.81. The highest BCUT2D eigenvalue weighted by atomic mass is 19.1. The zero-order valence-electron chi connectivity index (χ0n) is 11.4. The summed E-state index contributed by atoms with van der Waals surface area (Å²) < 4.78 is 15.2. The largest absolute Gasteiger partial charge is 0.369 e. The normalized spacial score (nSPS) is 15.2. The van der Waals surface area contributed by atoms with E-state index < -0.39 is 0 Å². The zero-order valence-corrected chi connectivity index (χ0v) is 11.4. The highest BCUT2D eigenvalue weighted by Gasteiger charge is 2.20. The number of hydrogen-bond acceptors (Lipinski definition) is 3. The number of carbonyl (C=O) groups excluding carboxylic acids is 1. The van der Waals surface area contributed by atoms with Crippen molar-refractivity contribution in [3.05, 3.63) is 23.5 Å². The molecule has 20 heavy (non-hydrogen) atoms. The van der Waals surface area contributed by atoms with Crippen LogP contribution in [0.2, 0.25) is 0 Å². The molecule has 5 nitrogen and oxygen atoms in total. The predicted molar refractivity (Wildman–Crippen MR) is 74.7 cm³/mol. The number of likely N-dealkylation sites (tertiary alicyclic amines) is 1. The van der Waals surface area contributed by atoms with Crippen LogP contribution in [0.25, 0.3) is 11.0 Å². The summed E-state index contributed by atoms with van der Waals surface area (Å²) in [5, 5.41) is 0. The van der Waals surface area contributed by atoms with Gasteiger partial charge in [-0.25, -0.2) is 9.37 Å². The van der Waals surface area contributed by atoms with Gasteiger partial charge in [-0.3, -0.25) is 4.79 Å². The van der Waals surface area contributed by atoms with Gasteiger partial charge in [0, 0.05) is 19.2 Å². The first-order valence-electron chi connectivity index (χ1n) is 6.76. The molecule has 0 spiro atoms. The van der Waals surface area contributed by atoms with E-state index >= 15 is 0 Å². The molecule has 0 radical (unpaired) electrons. The average Bonchev–Trinajstić information content (AvgIpc) is 3.01. The second kappa shape index (κ2) is 4.77. The van der Waals surface area contributed by atoms with E-state index in [0.717, 1.165) is 25.9 Å². The van der Waals surface area contributed by atoms with Gasteiger partial charge in [0.2, 0.25) is 11.9 Å². The van der Waals surface area contributed by atoms with Gasteiger partial charge < -0.3 is 15.2 Å². The maximum atomic E-state index is 13.5. The summed E-state index contributed by atoms with van der Waals surface area (Å²) in [7, 11) is 0. The van der Waals surface area contributed by atoms with Gasteiger partial charge in [0.05, 0.1) is 11.0 Å². The number of anilines is 1. The third-order valence-corrected chi connectivity index (χ3v) is 3.81. The number of hydrogen-bond donors (Lipinski definition) is 1. The first kappa shape index (κ1) is 12.9. The van der Waals surface area contributed by atoms with E-state index in [-0.39, 0.29) is 24.2 Å². The monoisotopic (exact) mass is 276 g/mol. The quantitative estimate of drug-likeness (QED) is 0.907. The van der Waals surface area contributed by atoms with Crippen molar-refractivity contribution in [1.29, 1.82) is 0 Å². The van der Waals surface area contributed by atoms with Crippen molar-refractivity contribution in [3.8, 4) is 0 Å². The SMILES string of the molecule is Cc1cc2c(cc1F)nc(N)n2CC(=O)N1CCCC1. The van der Waals surface area contributed by atoms with E-state index in [1.54, 1.807) is 17.6 Å². The fourth-order valence-corrected chi connectivity index (χ4v) is 2.64. The van der Waals surface area contributed by atoms with Crippen molar-refractivity contribution < 1.29 is 9.18 Å². The summed E-state index contributed by atoms with van der Waals surface area (Å²) in [5.41, 5.74) is 7.57. The number of aromatic nitrogens is 2. The molecule has 1 saturated heterocycles. The first-order valence-corrected chi connectivity index (χ1v) is 6.76. The van der Waals surface area contributed by atoms with E-state index in [1.165, 1.54) is 6.07 Å². The van der Waals surface area contributed by atoms with Crippen LogP contribution in [-0.4, -0.2) is 33.4 Å². The molecule has 1 aliphatic rings. The van der Waals surface area contributed by atoms with Crippen LogP contribution in [-0.2, 0) is 11.3 Å². The highest BCUT2D eigenvalue weighted by Crippen LogP contribution is 2.22. The lowest BCUT2D eigenvalue weighted by atomic mass is 10.2. The number of carbonyl (C=O) groups is 1. The zero-order chi connectivity index (χ0) is 14.3. The molecule has 6 heteroatoms. The summed E-state index contributed by atoms with van der Waals surface area (Å²) in [5.74, 6) is -0.0268. The number of nitrogens with zero attached hydrogens (tertiary/aromatic N) is 3. The Hall–Kier alpha value is -2.11. The molecule has 0 atom stereocenters. The van der Waals surface area contributed by atoms with E-state index in [2.05, 4.69) is 4.98 Å². The molecule has 1 aromatic heterocycles. The minimum absolute atomic E-state index is 0.0375. The fraction of sp³-hybridized carbons (Fsp3) is 0.429. The van der Waals surface area contributed by atoms with E-state index in [1.807, 2.05) is 4.90 Å². The molecule has 2 N–H and O–H groups in total. The van der Waals surface area contributed by atoms with Gasteiger partial charge in [-0.1, -0.05) is 0 Å². The van der Waals surface area contributed by atoms with Gasteiger partial charge in [0.15, 0.2) is 0 Å². The molecule has 1 aromatic carbocycles. The van der Waals surface area contributed by atoms with Crippen molar-refractivity contribution in [3.63, 3.8) is 0 Å². The molecule has 3 rings (SSSR count). The van der Waals surface area contributed by atoms with Crippen molar-refractivity contribution in [1.82, 2.24) is 14.5 Å². The topological polar surface area (TPSA) is 64.1 Å². The molecular weight excluding hydrogens is 259 g/mol. The van der Waals surface area contributed by atoms with E-state index in [9.17, 15) is 9.18 Å². The minimum Gasteiger partial charge on any atom is -0.369 e. The van der Waals surface area contributed by atoms with E-state index in [4.69, 9.17) is 5.73 Å². The van der Waals surface area contributed by atoms with Gasteiger partial charge in [0.25, 0.3) is 0 Å². The van der Waals surface area contributed by atoms with Gasteiger partial charge >= 0.3 is 0 Å². The first-order chi connectivity index (χ1) is 9.56. The van der Waals surface area contributed by atoms with Crippen molar-refractivity contribution in [2.75, 3.05) is 18.8 Å². The van der Waals surface area contributed by atoms with Crippen molar-refractivity contribution in [2.45, 2.75) is 26.3 Å². The lowest BCUT2D eigenvalue weighted by Crippen LogP contribution is -2.31. The van der Waals surface area contributed by atoms with Crippen LogP contribution >= 0.6 is 0 Å². The molecule has 1 aliphatic heterocycles. The maximum Gasteiger partial charge on any atom is 0.242 e. The minimum atomic E-state index is -0.312. The Labute approximate surface area is 116 Å². The molecule has 0 aliphatic carbocycles. The summed E-state index contributed by atoms with van der Waals surface area (Å²) in [6.45, 7) is 3.45. The second-order valence-electron chi connectivity index (χ2n) is 5.23. The number of aryl methyl sites for hydroxylation is 1. The Bertz CT molecular complexity index is 673. The average molecular weight is 276 g/mol. The van der Waals surface area contributed by atoms with Crippen LogP contribution in [0.3, 0.4) is 0 Å². The number of benzene rings is 1. The number of nitrogens with two attached hydrogens (primary N) is 1. The number of rotatable bonds is 2. The van der Waals surface area contributed by atoms with Crippen LogP contribution in [0, 0.1) is 12.7 Å². The number of fused-ring (bicyclic) bond motifs is 1. The van der Waals surface area contributed by atoms with Crippen molar-refractivity contribution >= 4 is 22.9 Å². The fourth-order valence-electron chi connectivity index (χ4n) is 2.64. The molecule has 0 saturated carbocycles. The molecule has 1 fully saturated rings. The molecule has 2 aromatic rings. The van der Waals surface area contributed by atoms with Crippen LogP contribution in [0.5, 0.6) is 0 Å². The Morgan fingerprint density at radius 3 is 2.80 bits per heavy atom. The van der Waals surface area contributed by atoms with Crippen LogP contribution in [0.15, 0.2) is 12.1 Å². The standard InChI is InChI=1S/C14H17FN4O/c1-9-6-12-11(7-10(9)15)17-14(16)19(12)8-13(20)18-4-2-3-5-18/h6-7H,2-5,8H2,1H3,(H2,16,17). The maximum absolute atomic E-state index is 13.5. The van der Waals surface area contributed by atoms with Crippen LogP contribution in [0.1, 0.15) is 18.4 Å². The van der Waals surface area contributed by atoms with Gasteiger partial charge in [-0.05, 0) is 31.4 Å². The predicted octanol–water partition coefficient (Wildman–Crippen LogP) is 1.69.